The highest BCUT2D eigenvalue weighted by Gasteiger charge is 2.14. The highest BCUT2D eigenvalue weighted by molar-refractivity contribution is 9.10. The summed E-state index contributed by atoms with van der Waals surface area (Å²) in [6, 6.07) is 4.35. The van der Waals surface area contributed by atoms with Crippen molar-refractivity contribution in [2.24, 2.45) is 0 Å². The quantitative estimate of drug-likeness (QED) is 0.638. The van der Waals surface area contributed by atoms with Crippen molar-refractivity contribution in [2.75, 3.05) is 0 Å². The molecule has 0 bridgehead atoms. The van der Waals surface area contributed by atoms with Gasteiger partial charge in [0, 0.05) is 14.2 Å². The number of aryl methyl sites for hydroxylation is 1. The number of thiophene rings is 2. The monoisotopic (exact) mass is 350 g/mol. The first-order valence-corrected chi connectivity index (χ1v) is 7.57. The molecule has 1 unspecified atom stereocenters. The fourth-order valence-corrected chi connectivity index (χ4v) is 4.32. The van der Waals surface area contributed by atoms with Crippen molar-refractivity contribution >= 4 is 54.5 Å². The molecule has 0 amide bonds. The largest absolute Gasteiger partial charge is 0.152 e. The standard InChI is InChI=1S/C10H8Br2S2/c1-6-8(11)4-9(14-6)10(12)7-2-3-13-5-7/h2-5,10H,1H3. The average Bonchev–Trinajstić information content (AvgIpc) is 2.76. The molecule has 0 spiro atoms. The lowest BCUT2D eigenvalue weighted by molar-refractivity contribution is 1.25. The number of halogens is 2. The van der Waals surface area contributed by atoms with E-state index in [0.717, 1.165) is 0 Å². The Morgan fingerprint density at radius 1 is 1.43 bits per heavy atom. The Balaban J connectivity index is 2.32. The summed E-state index contributed by atoms with van der Waals surface area (Å²) in [5.41, 5.74) is 1.34. The first-order valence-electron chi connectivity index (χ1n) is 4.10. The van der Waals surface area contributed by atoms with Crippen LogP contribution in [-0.4, -0.2) is 0 Å². The minimum atomic E-state index is 0.337. The predicted octanol–water partition coefficient (Wildman–Crippen LogP) is 5.36. The van der Waals surface area contributed by atoms with Crippen LogP contribution in [0.15, 0.2) is 27.4 Å². The van der Waals surface area contributed by atoms with Crippen molar-refractivity contribution in [3.8, 4) is 0 Å². The van der Waals surface area contributed by atoms with Crippen LogP contribution in [0.1, 0.15) is 20.1 Å². The summed E-state index contributed by atoms with van der Waals surface area (Å²) < 4.78 is 1.21. The summed E-state index contributed by atoms with van der Waals surface area (Å²) in [5, 5.41) is 4.29. The van der Waals surface area contributed by atoms with Gasteiger partial charge in [0.1, 0.15) is 0 Å². The third-order valence-corrected chi connectivity index (χ3v) is 6.19. The fourth-order valence-electron chi connectivity index (χ4n) is 1.19. The van der Waals surface area contributed by atoms with Gasteiger partial charge >= 0.3 is 0 Å². The van der Waals surface area contributed by atoms with E-state index in [2.05, 4.69) is 61.7 Å². The van der Waals surface area contributed by atoms with Crippen molar-refractivity contribution in [3.63, 3.8) is 0 Å². The smallest absolute Gasteiger partial charge is 0.0746 e. The van der Waals surface area contributed by atoms with E-state index in [1.54, 1.807) is 11.3 Å². The lowest BCUT2D eigenvalue weighted by atomic mass is 10.2. The van der Waals surface area contributed by atoms with Gasteiger partial charge in [-0.1, -0.05) is 15.9 Å². The van der Waals surface area contributed by atoms with E-state index in [0.29, 0.717) is 4.83 Å². The molecule has 1 atom stereocenters. The Hall–Kier alpha value is 0.360. The molecule has 2 heterocycles. The van der Waals surface area contributed by atoms with Gasteiger partial charge in [0.15, 0.2) is 0 Å². The van der Waals surface area contributed by atoms with E-state index in [-0.39, 0.29) is 0 Å². The number of alkyl halides is 1. The van der Waals surface area contributed by atoms with Crippen LogP contribution in [0, 0.1) is 6.92 Å². The van der Waals surface area contributed by atoms with Crippen LogP contribution < -0.4 is 0 Å². The first-order chi connectivity index (χ1) is 6.68. The first kappa shape index (κ1) is 10.9. The second kappa shape index (κ2) is 4.47. The van der Waals surface area contributed by atoms with Crippen LogP contribution in [0.4, 0.5) is 0 Å². The van der Waals surface area contributed by atoms with Gasteiger partial charge in [-0.2, -0.15) is 11.3 Å². The van der Waals surface area contributed by atoms with Crippen LogP contribution in [0.5, 0.6) is 0 Å². The van der Waals surface area contributed by atoms with Gasteiger partial charge in [-0.25, -0.2) is 0 Å². The van der Waals surface area contributed by atoms with Crippen LogP contribution in [0.3, 0.4) is 0 Å². The topological polar surface area (TPSA) is 0 Å². The molecule has 2 rings (SSSR count). The second-order valence-electron chi connectivity index (χ2n) is 2.97. The molecule has 4 heteroatoms. The lowest BCUT2D eigenvalue weighted by Gasteiger charge is -2.03. The molecule has 0 nitrogen and oxygen atoms in total. The summed E-state index contributed by atoms with van der Waals surface area (Å²) >= 11 is 10.8. The molecule has 0 aliphatic heterocycles. The van der Waals surface area contributed by atoms with Gasteiger partial charge < -0.3 is 0 Å². The predicted molar refractivity (Wildman–Crippen MR) is 71.8 cm³/mol. The number of hydrogen-bond donors (Lipinski definition) is 0. The van der Waals surface area contributed by atoms with Crippen LogP contribution in [0.2, 0.25) is 0 Å². The molecule has 0 aromatic carbocycles. The van der Waals surface area contributed by atoms with Crippen molar-refractivity contribution < 1.29 is 0 Å². The second-order valence-corrected chi connectivity index (χ2v) is 6.81. The molecule has 0 N–H and O–H groups in total. The van der Waals surface area contributed by atoms with Crippen molar-refractivity contribution in [1.29, 1.82) is 0 Å². The van der Waals surface area contributed by atoms with E-state index in [1.165, 1.54) is 19.8 Å². The third-order valence-electron chi connectivity index (χ3n) is 1.96. The molecule has 0 aliphatic carbocycles. The van der Waals surface area contributed by atoms with Gasteiger partial charge in [0.05, 0.1) is 4.83 Å². The van der Waals surface area contributed by atoms with Crippen molar-refractivity contribution in [3.05, 3.63) is 42.7 Å². The zero-order valence-corrected chi connectivity index (χ0v) is 12.3. The summed E-state index contributed by atoms with van der Waals surface area (Å²) in [6.07, 6.45) is 0. The summed E-state index contributed by atoms with van der Waals surface area (Å²) in [5.74, 6) is 0. The maximum Gasteiger partial charge on any atom is 0.0746 e. The Bertz CT molecular complexity index is 398. The Kier molecular flexibility index (Phi) is 3.47. The maximum absolute atomic E-state index is 3.72. The van der Waals surface area contributed by atoms with Gasteiger partial charge in [0.2, 0.25) is 0 Å². The minimum absolute atomic E-state index is 0.337. The Labute approximate surface area is 108 Å². The van der Waals surface area contributed by atoms with Gasteiger partial charge in [-0.3, -0.25) is 0 Å². The van der Waals surface area contributed by atoms with Gasteiger partial charge in [-0.15, -0.1) is 11.3 Å². The fraction of sp³-hybridized carbons (Fsp3) is 0.200. The average molecular weight is 352 g/mol. The molecule has 0 aliphatic rings. The SMILES string of the molecule is Cc1sc(C(Br)c2ccsc2)cc1Br. The highest BCUT2D eigenvalue weighted by Crippen LogP contribution is 2.39. The summed E-state index contributed by atoms with van der Waals surface area (Å²) in [6.45, 7) is 2.13. The van der Waals surface area contributed by atoms with Crippen LogP contribution in [-0.2, 0) is 0 Å². The molecule has 2 aromatic heterocycles. The molecule has 0 saturated heterocycles. The lowest BCUT2D eigenvalue weighted by Crippen LogP contribution is -1.84. The van der Waals surface area contributed by atoms with E-state index < -0.39 is 0 Å². The third kappa shape index (κ3) is 2.13. The van der Waals surface area contributed by atoms with Gasteiger partial charge in [-0.05, 0) is 51.3 Å². The highest BCUT2D eigenvalue weighted by atomic mass is 79.9. The molecular weight excluding hydrogens is 344 g/mol. The molecule has 2 aromatic rings. The molecule has 14 heavy (non-hydrogen) atoms. The molecule has 0 radical (unpaired) electrons. The van der Waals surface area contributed by atoms with Crippen molar-refractivity contribution in [1.82, 2.24) is 0 Å². The normalized spacial score (nSPS) is 13.1. The summed E-state index contributed by atoms with van der Waals surface area (Å²) in [4.78, 5) is 3.02. The number of hydrogen-bond acceptors (Lipinski definition) is 2. The van der Waals surface area contributed by atoms with Gasteiger partial charge in [0.25, 0.3) is 0 Å². The molecular formula is C10H8Br2S2. The zero-order valence-electron chi connectivity index (χ0n) is 7.46. The zero-order chi connectivity index (χ0) is 10.1. The van der Waals surface area contributed by atoms with E-state index in [9.17, 15) is 0 Å². The van der Waals surface area contributed by atoms with E-state index in [1.807, 2.05) is 11.3 Å². The van der Waals surface area contributed by atoms with E-state index in [4.69, 9.17) is 0 Å². The maximum atomic E-state index is 3.72. The minimum Gasteiger partial charge on any atom is -0.152 e. The Morgan fingerprint density at radius 3 is 2.71 bits per heavy atom. The van der Waals surface area contributed by atoms with Crippen LogP contribution in [0.25, 0.3) is 0 Å². The molecule has 0 saturated carbocycles. The Morgan fingerprint density at radius 2 is 2.21 bits per heavy atom. The molecule has 0 fully saturated rings. The summed E-state index contributed by atoms with van der Waals surface area (Å²) in [7, 11) is 0. The van der Waals surface area contributed by atoms with Crippen LogP contribution >= 0.6 is 54.5 Å². The van der Waals surface area contributed by atoms with E-state index >= 15 is 0 Å². The van der Waals surface area contributed by atoms with Crippen molar-refractivity contribution in [2.45, 2.75) is 11.8 Å². The number of rotatable bonds is 2. The molecule has 74 valence electrons.